The summed E-state index contributed by atoms with van der Waals surface area (Å²) in [5.74, 6) is 1.91. The van der Waals surface area contributed by atoms with Gasteiger partial charge >= 0.3 is 0 Å². The van der Waals surface area contributed by atoms with Crippen LogP contribution in [0.3, 0.4) is 0 Å². The number of nitrogens with one attached hydrogen (secondary N) is 2. The number of aliphatic imine (C=N–C) groups is 1. The lowest BCUT2D eigenvalue weighted by molar-refractivity contribution is -0.123. The molecule has 0 aromatic heterocycles. The molecule has 0 bridgehead atoms. The fourth-order valence-electron chi connectivity index (χ4n) is 2.24. The van der Waals surface area contributed by atoms with Gasteiger partial charge in [0.2, 0.25) is 0 Å². The Bertz CT molecular complexity index is 574. The molecule has 1 aromatic rings. The molecular weight excluding hydrogens is 296 g/mol. The first-order valence-corrected chi connectivity index (χ1v) is 7.70. The second kappa shape index (κ2) is 8.26. The van der Waals surface area contributed by atoms with Gasteiger partial charge in [-0.2, -0.15) is 0 Å². The summed E-state index contributed by atoms with van der Waals surface area (Å²) in [5.41, 5.74) is 1.05. The van der Waals surface area contributed by atoms with Crippen molar-refractivity contribution in [1.82, 2.24) is 15.5 Å². The minimum atomic E-state index is -0.150. The predicted octanol–water partition coefficient (Wildman–Crippen LogP) is 0.601. The normalized spacial score (nSPS) is 13.5. The Kier molecular flexibility index (Phi) is 6.08. The van der Waals surface area contributed by atoms with E-state index in [9.17, 15) is 4.79 Å². The highest BCUT2D eigenvalue weighted by Gasteiger charge is 2.12. The smallest absolute Gasteiger partial charge is 0.257 e. The number of benzene rings is 1. The van der Waals surface area contributed by atoms with Crippen LogP contribution in [0.25, 0.3) is 0 Å². The Morgan fingerprint density at radius 3 is 2.87 bits per heavy atom. The predicted molar refractivity (Wildman–Crippen MR) is 88.9 cm³/mol. The average molecular weight is 320 g/mol. The number of ether oxygens (including phenoxy) is 2. The summed E-state index contributed by atoms with van der Waals surface area (Å²) in [6.07, 6.45) is 0. The van der Waals surface area contributed by atoms with Gasteiger partial charge in [0.15, 0.2) is 24.1 Å². The van der Waals surface area contributed by atoms with E-state index in [-0.39, 0.29) is 12.5 Å². The van der Waals surface area contributed by atoms with Crippen molar-refractivity contribution in [2.75, 3.05) is 40.4 Å². The van der Waals surface area contributed by atoms with Crippen LogP contribution in [0.4, 0.5) is 0 Å². The van der Waals surface area contributed by atoms with Crippen molar-refractivity contribution in [2.24, 2.45) is 4.99 Å². The molecule has 0 radical (unpaired) electrons. The number of hydrogen-bond acceptors (Lipinski definition) is 6. The topological polar surface area (TPSA) is 75.2 Å². The summed E-state index contributed by atoms with van der Waals surface area (Å²) in [7, 11) is 3.60. The summed E-state index contributed by atoms with van der Waals surface area (Å²) in [5, 5.41) is 5.99. The van der Waals surface area contributed by atoms with Gasteiger partial charge in [-0.1, -0.05) is 6.07 Å². The van der Waals surface area contributed by atoms with E-state index < -0.39 is 0 Å². The van der Waals surface area contributed by atoms with Gasteiger partial charge in [0, 0.05) is 26.7 Å². The molecule has 1 aliphatic rings. The van der Waals surface area contributed by atoms with Crippen LogP contribution < -0.4 is 20.1 Å². The van der Waals surface area contributed by atoms with Gasteiger partial charge in [0.25, 0.3) is 5.91 Å². The third-order valence-corrected chi connectivity index (χ3v) is 3.47. The molecule has 0 aliphatic carbocycles. The van der Waals surface area contributed by atoms with Gasteiger partial charge in [0.05, 0.1) is 13.7 Å². The maximum absolute atomic E-state index is 11.5. The highest BCUT2D eigenvalue weighted by molar-refractivity contribution is 5.81. The zero-order chi connectivity index (χ0) is 16.7. The number of rotatable bonds is 7. The van der Waals surface area contributed by atoms with E-state index in [2.05, 4.69) is 20.5 Å². The van der Waals surface area contributed by atoms with E-state index in [1.165, 1.54) is 0 Å². The molecule has 1 aromatic carbocycles. The Morgan fingerprint density at radius 2 is 2.22 bits per heavy atom. The van der Waals surface area contributed by atoms with Crippen molar-refractivity contribution in [3.63, 3.8) is 0 Å². The number of carbonyl (C=O) groups excluding carboxylic acids is 1. The number of likely N-dealkylation sites (N-methyl/N-ethyl adjacent to an activating group) is 2. The maximum Gasteiger partial charge on any atom is 0.257 e. The van der Waals surface area contributed by atoms with Crippen LogP contribution in [0, 0.1) is 0 Å². The monoisotopic (exact) mass is 320 g/mol. The second-order valence-electron chi connectivity index (χ2n) is 5.21. The molecule has 7 nitrogen and oxygen atoms in total. The minimum absolute atomic E-state index is 0.0244. The molecule has 2 N–H and O–H groups in total. The number of hydrogen-bond donors (Lipinski definition) is 2. The Labute approximate surface area is 136 Å². The third kappa shape index (κ3) is 4.77. The molecule has 1 aliphatic heterocycles. The van der Waals surface area contributed by atoms with Crippen LogP contribution in [0.1, 0.15) is 12.5 Å². The molecule has 0 fully saturated rings. The summed E-state index contributed by atoms with van der Waals surface area (Å²) in [6.45, 7) is 4.85. The third-order valence-electron chi connectivity index (χ3n) is 3.47. The number of nitrogens with zero attached hydrogens (tertiary/aromatic N) is 2. The molecule has 0 spiro atoms. The minimum Gasteiger partial charge on any atom is -0.493 e. The Balaban J connectivity index is 1.94. The van der Waals surface area contributed by atoms with Crippen molar-refractivity contribution in [3.8, 4) is 11.5 Å². The second-order valence-corrected chi connectivity index (χ2v) is 5.21. The van der Waals surface area contributed by atoms with Crippen molar-refractivity contribution in [1.29, 1.82) is 0 Å². The molecule has 7 heteroatoms. The summed E-state index contributed by atoms with van der Waals surface area (Å²) < 4.78 is 10.8. The van der Waals surface area contributed by atoms with E-state index in [4.69, 9.17) is 9.47 Å². The van der Waals surface area contributed by atoms with Gasteiger partial charge in [-0.3, -0.25) is 9.79 Å². The molecule has 126 valence electrons. The lowest BCUT2D eigenvalue weighted by Gasteiger charge is -2.16. The van der Waals surface area contributed by atoms with Crippen LogP contribution in [0.5, 0.6) is 11.5 Å². The Hall–Kier alpha value is -2.44. The molecule has 23 heavy (non-hydrogen) atoms. The molecular formula is C16H24N4O3. The highest BCUT2D eigenvalue weighted by atomic mass is 16.5. The van der Waals surface area contributed by atoms with Crippen molar-refractivity contribution in [2.45, 2.75) is 13.5 Å². The first kappa shape index (κ1) is 16.9. The molecule has 2 rings (SSSR count). The zero-order valence-electron chi connectivity index (χ0n) is 13.9. The number of carbonyl (C=O) groups is 1. The lowest BCUT2D eigenvalue weighted by atomic mass is 10.2. The van der Waals surface area contributed by atoms with Crippen LogP contribution in [0.2, 0.25) is 0 Å². The number of methoxy groups -OCH3 is 1. The molecule has 1 heterocycles. The van der Waals surface area contributed by atoms with Crippen LogP contribution in [-0.4, -0.2) is 57.2 Å². The molecule has 0 saturated carbocycles. The first-order valence-electron chi connectivity index (χ1n) is 7.70. The van der Waals surface area contributed by atoms with Crippen LogP contribution >= 0.6 is 0 Å². The summed E-state index contributed by atoms with van der Waals surface area (Å²) in [4.78, 5) is 17.9. The van der Waals surface area contributed by atoms with Gasteiger partial charge in [-0.25, -0.2) is 0 Å². The summed E-state index contributed by atoms with van der Waals surface area (Å²) >= 11 is 0. The zero-order valence-corrected chi connectivity index (χ0v) is 13.9. The van der Waals surface area contributed by atoms with E-state index in [0.29, 0.717) is 24.6 Å². The SMILES string of the molecule is CCNC(=O)COc1ccc(CNC2=NCCN2C)cc1OC. The highest BCUT2D eigenvalue weighted by Crippen LogP contribution is 2.28. The van der Waals surface area contributed by atoms with Gasteiger partial charge in [0.1, 0.15) is 0 Å². The van der Waals surface area contributed by atoms with E-state index in [1.807, 2.05) is 32.2 Å². The van der Waals surface area contributed by atoms with Crippen LogP contribution in [-0.2, 0) is 11.3 Å². The number of guanidine groups is 1. The van der Waals surface area contributed by atoms with E-state index in [1.54, 1.807) is 7.11 Å². The molecule has 0 saturated heterocycles. The first-order chi connectivity index (χ1) is 11.1. The molecule has 1 amide bonds. The van der Waals surface area contributed by atoms with Crippen LogP contribution in [0.15, 0.2) is 23.2 Å². The van der Waals surface area contributed by atoms with Crippen molar-refractivity contribution < 1.29 is 14.3 Å². The number of amides is 1. The van der Waals surface area contributed by atoms with E-state index in [0.717, 1.165) is 24.6 Å². The van der Waals surface area contributed by atoms with E-state index >= 15 is 0 Å². The van der Waals surface area contributed by atoms with Gasteiger partial charge in [-0.05, 0) is 24.6 Å². The molecule has 0 unspecified atom stereocenters. The van der Waals surface area contributed by atoms with Crippen molar-refractivity contribution >= 4 is 11.9 Å². The molecule has 0 atom stereocenters. The fourth-order valence-corrected chi connectivity index (χ4v) is 2.24. The van der Waals surface area contributed by atoms with Gasteiger partial charge < -0.3 is 25.0 Å². The quantitative estimate of drug-likeness (QED) is 0.769. The Morgan fingerprint density at radius 1 is 1.39 bits per heavy atom. The standard InChI is InChI=1S/C16H24N4O3/c1-4-17-15(21)11-23-13-6-5-12(9-14(13)22-3)10-19-16-18-7-8-20(16)2/h5-6,9H,4,7-8,10-11H2,1-3H3,(H,17,21)(H,18,19). The fraction of sp³-hybridized carbons (Fsp3) is 0.500. The van der Waals surface area contributed by atoms with Gasteiger partial charge in [-0.15, -0.1) is 0 Å². The lowest BCUT2D eigenvalue weighted by Crippen LogP contribution is -2.35. The average Bonchev–Trinajstić information content (AvgIpc) is 2.96. The maximum atomic E-state index is 11.5. The summed E-state index contributed by atoms with van der Waals surface area (Å²) in [6, 6.07) is 5.66. The van der Waals surface area contributed by atoms with Crippen molar-refractivity contribution in [3.05, 3.63) is 23.8 Å². The largest absolute Gasteiger partial charge is 0.493 e.